The number of carbonyl (C=O) groups excluding carboxylic acids is 1. The second-order valence-electron chi connectivity index (χ2n) is 10.1. The molecular formula is C26H34N8OS. The van der Waals surface area contributed by atoms with Gasteiger partial charge in [0.1, 0.15) is 0 Å². The maximum atomic E-state index is 13.7. The summed E-state index contributed by atoms with van der Waals surface area (Å²) in [5.41, 5.74) is 7.06. The average molecular weight is 507 g/mol. The number of thioether (sulfide) groups is 1. The molecule has 2 fully saturated rings. The molecule has 4 aliphatic rings. The Balaban J connectivity index is 1.26. The smallest absolute Gasteiger partial charge is 0.260 e. The third-order valence-corrected chi connectivity index (χ3v) is 8.59. The van der Waals surface area contributed by atoms with Gasteiger partial charge in [-0.1, -0.05) is 11.8 Å². The zero-order valence-corrected chi connectivity index (χ0v) is 21.7. The summed E-state index contributed by atoms with van der Waals surface area (Å²) in [4.78, 5) is 28.6. The highest BCUT2D eigenvalue weighted by Gasteiger charge is 2.29. The van der Waals surface area contributed by atoms with Crippen molar-refractivity contribution in [1.82, 2.24) is 29.6 Å². The predicted octanol–water partition coefficient (Wildman–Crippen LogP) is 3.46. The number of aryl methyl sites for hydroxylation is 1. The first kappa shape index (κ1) is 23.5. The van der Waals surface area contributed by atoms with Crippen LogP contribution in [0.1, 0.15) is 55.8 Å². The molecule has 6 heterocycles. The number of amides is 1. The molecule has 1 unspecified atom stereocenters. The molecule has 190 valence electrons. The van der Waals surface area contributed by atoms with Gasteiger partial charge in [-0.25, -0.2) is 9.97 Å². The molecule has 6 rings (SSSR count). The fourth-order valence-electron chi connectivity index (χ4n) is 5.52. The van der Waals surface area contributed by atoms with Gasteiger partial charge in [-0.3, -0.25) is 14.1 Å². The molecule has 0 aromatic carbocycles. The van der Waals surface area contributed by atoms with Crippen LogP contribution in [0.15, 0.2) is 39.1 Å². The lowest BCUT2D eigenvalue weighted by Gasteiger charge is -2.30. The summed E-state index contributed by atoms with van der Waals surface area (Å²) in [6.07, 6.45) is 14.8. The average Bonchev–Trinajstić information content (AvgIpc) is 3.67. The van der Waals surface area contributed by atoms with E-state index in [0.717, 1.165) is 91.3 Å². The van der Waals surface area contributed by atoms with Crippen LogP contribution in [0.25, 0.3) is 5.65 Å². The zero-order chi connectivity index (χ0) is 24.5. The first-order valence-corrected chi connectivity index (χ1v) is 14.0. The van der Waals surface area contributed by atoms with Gasteiger partial charge in [-0.2, -0.15) is 5.10 Å². The molecule has 0 saturated carbocycles. The number of allylic oxidation sites excluding steroid dienone is 1. The molecule has 0 aliphatic carbocycles. The van der Waals surface area contributed by atoms with Crippen molar-refractivity contribution in [3.63, 3.8) is 0 Å². The number of nitrogens with zero attached hydrogens (tertiary/aromatic N) is 6. The maximum absolute atomic E-state index is 13.7. The molecule has 1 amide bonds. The molecule has 4 aliphatic heterocycles. The highest BCUT2D eigenvalue weighted by molar-refractivity contribution is 8.07. The number of likely N-dealkylation sites (tertiary alicyclic amines) is 2. The van der Waals surface area contributed by atoms with Crippen molar-refractivity contribution in [3.8, 4) is 0 Å². The van der Waals surface area contributed by atoms with Crippen molar-refractivity contribution in [1.29, 1.82) is 0 Å². The van der Waals surface area contributed by atoms with Crippen LogP contribution in [0, 0.1) is 6.92 Å². The SMILES string of the molecule is Cc1cn2c(C3C=NNC3)cnc2c(NC2=CCC(CN3CCCC3)=C(C(=O)N3CCCCC3)S2)n1. The number of piperidine rings is 1. The van der Waals surface area contributed by atoms with Crippen LogP contribution >= 0.6 is 11.8 Å². The molecule has 0 bridgehead atoms. The van der Waals surface area contributed by atoms with Crippen LogP contribution in [0.4, 0.5) is 5.82 Å². The van der Waals surface area contributed by atoms with Gasteiger partial charge in [0.05, 0.1) is 33.4 Å². The summed E-state index contributed by atoms with van der Waals surface area (Å²) in [6.45, 7) is 7.64. The van der Waals surface area contributed by atoms with Crippen LogP contribution in [-0.4, -0.2) is 75.6 Å². The molecule has 2 aromatic heterocycles. The third-order valence-electron chi connectivity index (χ3n) is 7.44. The van der Waals surface area contributed by atoms with Gasteiger partial charge in [0.2, 0.25) is 0 Å². The molecule has 2 aromatic rings. The number of rotatable bonds is 6. The van der Waals surface area contributed by atoms with E-state index in [4.69, 9.17) is 9.97 Å². The second-order valence-corrected chi connectivity index (χ2v) is 11.2. The number of imidazole rings is 1. The number of hydrogen-bond acceptors (Lipinski definition) is 8. The van der Waals surface area contributed by atoms with Crippen LogP contribution < -0.4 is 10.7 Å². The van der Waals surface area contributed by atoms with Crippen LogP contribution in [0.2, 0.25) is 0 Å². The molecule has 1 atom stereocenters. The number of fused-ring (bicyclic) bond motifs is 1. The lowest BCUT2D eigenvalue weighted by molar-refractivity contribution is -0.127. The lowest BCUT2D eigenvalue weighted by Crippen LogP contribution is -2.37. The van der Waals surface area contributed by atoms with Crippen LogP contribution in [-0.2, 0) is 4.79 Å². The van der Waals surface area contributed by atoms with E-state index in [2.05, 4.69) is 36.1 Å². The summed E-state index contributed by atoms with van der Waals surface area (Å²) in [7, 11) is 0. The van der Waals surface area contributed by atoms with Crippen LogP contribution in [0.3, 0.4) is 0 Å². The largest absolute Gasteiger partial charge is 0.338 e. The van der Waals surface area contributed by atoms with Crippen molar-refractivity contribution in [3.05, 3.63) is 45.4 Å². The van der Waals surface area contributed by atoms with E-state index in [9.17, 15) is 4.79 Å². The Morgan fingerprint density at radius 3 is 2.75 bits per heavy atom. The molecule has 2 N–H and O–H groups in total. The fraction of sp³-hybridized carbons (Fsp3) is 0.538. The maximum Gasteiger partial charge on any atom is 0.260 e. The summed E-state index contributed by atoms with van der Waals surface area (Å²) in [6, 6.07) is 0. The number of aromatic nitrogens is 3. The Morgan fingerprint density at radius 1 is 1.17 bits per heavy atom. The van der Waals surface area contributed by atoms with Gasteiger partial charge >= 0.3 is 0 Å². The second kappa shape index (κ2) is 10.3. The normalized spacial score (nSPS) is 22.9. The number of hydrogen-bond donors (Lipinski definition) is 2. The van der Waals surface area contributed by atoms with E-state index in [1.807, 2.05) is 25.5 Å². The van der Waals surface area contributed by atoms with Gasteiger partial charge in [-0.05, 0) is 70.2 Å². The molecule has 0 spiro atoms. The molecule has 2 saturated heterocycles. The van der Waals surface area contributed by atoms with Crippen LogP contribution in [0.5, 0.6) is 0 Å². The Bertz CT molecular complexity index is 1240. The van der Waals surface area contributed by atoms with E-state index < -0.39 is 0 Å². The minimum atomic E-state index is 0.183. The Morgan fingerprint density at radius 2 is 1.97 bits per heavy atom. The van der Waals surface area contributed by atoms with Crippen molar-refractivity contribution < 1.29 is 4.79 Å². The molecular weight excluding hydrogens is 472 g/mol. The summed E-state index contributed by atoms with van der Waals surface area (Å²) < 4.78 is 2.11. The minimum Gasteiger partial charge on any atom is -0.338 e. The van der Waals surface area contributed by atoms with Gasteiger partial charge in [-0.15, -0.1) is 0 Å². The number of nitrogens with one attached hydrogen (secondary N) is 2. The topological polar surface area (TPSA) is 90.2 Å². The monoisotopic (exact) mass is 506 g/mol. The first-order valence-electron chi connectivity index (χ1n) is 13.1. The summed E-state index contributed by atoms with van der Waals surface area (Å²) >= 11 is 1.57. The molecule has 36 heavy (non-hydrogen) atoms. The van der Waals surface area contributed by atoms with E-state index in [1.165, 1.54) is 24.8 Å². The minimum absolute atomic E-state index is 0.183. The van der Waals surface area contributed by atoms with E-state index in [0.29, 0.717) is 0 Å². The van der Waals surface area contributed by atoms with Crippen molar-refractivity contribution in [2.45, 2.75) is 51.4 Å². The number of hydrazone groups is 1. The van der Waals surface area contributed by atoms with E-state index in [1.54, 1.807) is 11.8 Å². The number of anilines is 1. The summed E-state index contributed by atoms with van der Waals surface area (Å²) in [5, 5.41) is 8.65. The first-order chi connectivity index (χ1) is 17.7. The Hall–Kier alpha value is -2.85. The lowest BCUT2D eigenvalue weighted by atomic mass is 10.1. The summed E-state index contributed by atoms with van der Waals surface area (Å²) in [5.74, 6) is 1.10. The van der Waals surface area contributed by atoms with Gasteiger partial charge < -0.3 is 15.6 Å². The van der Waals surface area contributed by atoms with E-state index in [-0.39, 0.29) is 11.8 Å². The fourth-order valence-corrected chi connectivity index (χ4v) is 6.56. The quantitative estimate of drug-likeness (QED) is 0.620. The molecule has 9 nitrogen and oxygen atoms in total. The highest BCUT2D eigenvalue weighted by Crippen LogP contribution is 2.38. The van der Waals surface area contributed by atoms with Crippen molar-refractivity contribution in [2.24, 2.45) is 5.10 Å². The van der Waals surface area contributed by atoms with Gasteiger partial charge in [0, 0.05) is 38.6 Å². The third kappa shape index (κ3) is 4.76. The van der Waals surface area contributed by atoms with Gasteiger partial charge in [0.25, 0.3) is 5.91 Å². The predicted molar refractivity (Wildman–Crippen MR) is 144 cm³/mol. The van der Waals surface area contributed by atoms with Crippen molar-refractivity contribution >= 4 is 35.3 Å². The molecule has 0 radical (unpaired) electrons. The number of carbonyl (C=O) groups is 1. The Kier molecular flexibility index (Phi) is 6.71. The van der Waals surface area contributed by atoms with E-state index >= 15 is 0 Å². The standard InChI is InChI=1S/C26H34N8OS/c1-18-16-34-21(20-13-28-29-14-20)15-27-25(34)24(30-18)31-22-8-7-19(17-32-9-5-6-10-32)23(36-22)26(35)33-11-3-2-4-12-33/h8,13,15-16,20,29H,2-7,9-12,14,17H2,1H3,(H,30,31). The van der Waals surface area contributed by atoms with Gasteiger partial charge in [0.15, 0.2) is 11.5 Å². The van der Waals surface area contributed by atoms with Crippen molar-refractivity contribution in [2.75, 3.05) is 44.6 Å². The Labute approximate surface area is 216 Å². The highest BCUT2D eigenvalue weighted by atomic mass is 32.2. The molecule has 10 heteroatoms. The zero-order valence-electron chi connectivity index (χ0n) is 20.9.